The molecule has 5 nitrogen and oxygen atoms in total. The number of fused-ring (bicyclic) bond motifs is 1. The van der Waals surface area contributed by atoms with Crippen LogP contribution in [0.5, 0.6) is 0 Å². The van der Waals surface area contributed by atoms with Crippen LogP contribution < -0.4 is 0 Å². The number of rotatable bonds is 2. The lowest BCUT2D eigenvalue weighted by Gasteiger charge is -2.16. The van der Waals surface area contributed by atoms with Crippen molar-refractivity contribution in [3.05, 3.63) is 35.0 Å². The second-order valence-electron chi connectivity index (χ2n) is 4.91. The lowest BCUT2D eigenvalue weighted by molar-refractivity contribution is 0.0686. The number of aromatic nitrogens is 3. The quantitative estimate of drug-likeness (QED) is 0.894. The van der Waals surface area contributed by atoms with Crippen molar-refractivity contribution in [2.45, 2.75) is 25.7 Å². The minimum atomic E-state index is -1.000. The average molecular weight is 257 g/mol. The molecule has 0 saturated heterocycles. The van der Waals surface area contributed by atoms with Gasteiger partial charge in [0, 0.05) is 12.6 Å². The Kier molecular flexibility index (Phi) is 2.81. The molecule has 0 saturated carbocycles. The second kappa shape index (κ2) is 4.50. The van der Waals surface area contributed by atoms with Crippen LogP contribution in [0.2, 0.25) is 0 Å². The van der Waals surface area contributed by atoms with E-state index in [4.69, 9.17) is 0 Å². The predicted molar refractivity (Wildman–Crippen MR) is 70.0 cm³/mol. The Morgan fingerprint density at radius 2 is 2.00 bits per heavy atom. The maximum absolute atomic E-state index is 11.3. The molecule has 0 fully saturated rings. The second-order valence-corrected chi connectivity index (χ2v) is 4.91. The minimum absolute atomic E-state index is 0.135. The highest BCUT2D eigenvalue weighted by Gasteiger charge is 2.20. The SMILES string of the molecule is Cn1nnc(-c2ccc3c(c2)CCCC3)c1C(=O)O. The van der Waals surface area contributed by atoms with Crippen molar-refractivity contribution in [3.63, 3.8) is 0 Å². The third-order valence-electron chi connectivity index (χ3n) is 3.65. The van der Waals surface area contributed by atoms with Gasteiger partial charge in [0.25, 0.3) is 0 Å². The molecule has 0 radical (unpaired) electrons. The number of aryl methyl sites for hydroxylation is 3. The van der Waals surface area contributed by atoms with Crippen molar-refractivity contribution in [1.29, 1.82) is 0 Å². The van der Waals surface area contributed by atoms with Gasteiger partial charge in [0.05, 0.1) is 0 Å². The molecule has 0 aliphatic heterocycles. The lowest BCUT2D eigenvalue weighted by Crippen LogP contribution is -2.07. The summed E-state index contributed by atoms with van der Waals surface area (Å²) in [4.78, 5) is 11.3. The van der Waals surface area contributed by atoms with Crippen LogP contribution >= 0.6 is 0 Å². The number of benzene rings is 1. The molecule has 1 aromatic heterocycles. The molecule has 19 heavy (non-hydrogen) atoms. The topological polar surface area (TPSA) is 68.0 Å². The van der Waals surface area contributed by atoms with Gasteiger partial charge in [-0.1, -0.05) is 17.3 Å². The Morgan fingerprint density at radius 1 is 1.26 bits per heavy atom. The molecule has 1 N–H and O–H groups in total. The van der Waals surface area contributed by atoms with Gasteiger partial charge in [-0.2, -0.15) is 0 Å². The highest BCUT2D eigenvalue weighted by atomic mass is 16.4. The van der Waals surface area contributed by atoms with Crippen LogP contribution in [0.1, 0.15) is 34.5 Å². The van der Waals surface area contributed by atoms with Crippen LogP contribution in [0.3, 0.4) is 0 Å². The minimum Gasteiger partial charge on any atom is -0.476 e. The Labute approximate surface area is 110 Å². The Hall–Kier alpha value is -2.17. The van der Waals surface area contributed by atoms with Gasteiger partial charge >= 0.3 is 5.97 Å². The molecule has 3 rings (SSSR count). The molecule has 0 spiro atoms. The maximum Gasteiger partial charge on any atom is 0.356 e. The van der Waals surface area contributed by atoms with E-state index in [1.165, 1.54) is 28.7 Å². The predicted octanol–water partition coefficient (Wildman–Crippen LogP) is 2.06. The summed E-state index contributed by atoms with van der Waals surface area (Å²) in [6, 6.07) is 6.09. The standard InChI is InChI=1S/C14H15N3O2/c1-17-13(14(18)19)12(15-16-17)11-7-6-9-4-2-3-5-10(9)8-11/h6-8H,2-5H2,1H3,(H,18,19). The van der Waals surface area contributed by atoms with Crippen LogP contribution in [-0.4, -0.2) is 26.1 Å². The van der Waals surface area contributed by atoms with E-state index < -0.39 is 5.97 Å². The van der Waals surface area contributed by atoms with Crippen LogP contribution in [0.25, 0.3) is 11.3 Å². The zero-order chi connectivity index (χ0) is 13.4. The van der Waals surface area contributed by atoms with E-state index in [-0.39, 0.29) is 5.69 Å². The van der Waals surface area contributed by atoms with Gasteiger partial charge < -0.3 is 5.11 Å². The summed E-state index contributed by atoms with van der Waals surface area (Å²) < 4.78 is 1.30. The fourth-order valence-corrected chi connectivity index (χ4v) is 2.67. The first-order chi connectivity index (χ1) is 9.16. The third kappa shape index (κ3) is 2.01. The Morgan fingerprint density at radius 3 is 2.74 bits per heavy atom. The molecule has 0 bridgehead atoms. The summed E-state index contributed by atoms with van der Waals surface area (Å²) in [5, 5.41) is 17.0. The first-order valence-corrected chi connectivity index (χ1v) is 6.42. The number of nitrogens with zero attached hydrogens (tertiary/aromatic N) is 3. The van der Waals surface area contributed by atoms with Gasteiger partial charge in [0.15, 0.2) is 5.69 Å². The molecule has 1 aliphatic rings. The van der Waals surface area contributed by atoms with E-state index in [0.29, 0.717) is 5.69 Å². The normalized spacial score (nSPS) is 14.2. The van der Waals surface area contributed by atoms with E-state index in [0.717, 1.165) is 18.4 Å². The third-order valence-corrected chi connectivity index (χ3v) is 3.65. The monoisotopic (exact) mass is 257 g/mol. The van der Waals surface area contributed by atoms with Crippen LogP contribution in [0.4, 0.5) is 0 Å². The van der Waals surface area contributed by atoms with Crippen LogP contribution in [-0.2, 0) is 19.9 Å². The zero-order valence-corrected chi connectivity index (χ0v) is 10.8. The lowest BCUT2D eigenvalue weighted by atomic mass is 9.90. The summed E-state index contributed by atoms with van der Waals surface area (Å²) in [5.41, 5.74) is 4.10. The molecule has 1 aliphatic carbocycles. The highest BCUT2D eigenvalue weighted by molar-refractivity contribution is 5.92. The van der Waals surface area contributed by atoms with Crippen molar-refractivity contribution < 1.29 is 9.90 Å². The largest absolute Gasteiger partial charge is 0.476 e. The Balaban J connectivity index is 2.10. The van der Waals surface area contributed by atoms with E-state index >= 15 is 0 Å². The fraction of sp³-hybridized carbons (Fsp3) is 0.357. The van der Waals surface area contributed by atoms with Gasteiger partial charge in [-0.3, -0.25) is 0 Å². The first kappa shape index (κ1) is 11.9. The number of aromatic carboxylic acids is 1. The summed E-state index contributed by atoms with van der Waals surface area (Å²) in [7, 11) is 1.60. The number of hydrogen-bond acceptors (Lipinski definition) is 3. The molecule has 0 atom stereocenters. The van der Waals surface area contributed by atoms with E-state index in [1.807, 2.05) is 6.07 Å². The van der Waals surface area contributed by atoms with Gasteiger partial charge in [0.2, 0.25) is 0 Å². The zero-order valence-electron chi connectivity index (χ0n) is 10.8. The number of carboxylic acids is 1. The molecule has 5 heteroatoms. The molecule has 1 aromatic carbocycles. The van der Waals surface area contributed by atoms with Crippen LogP contribution in [0.15, 0.2) is 18.2 Å². The molecule has 2 aromatic rings. The number of carbonyl (C=O) groups is 1. The van der Waals surface area contributed by atoms with Crippen molar-refractivity contribution in [1.82, 2.24) is 15.0 Å². The van der Waals surface area contributed by atoms with Gasteiger partial charge in [-0.15, -0.1) is 5.10 Å². The van der Waals surface area contributed by atoms with Gasteiger partial charge in [-0.05, 0) is 42.9 Å². The molecular weight excluding hydrogens is 242 g/mol. The summed E-state index contributed by atoms with van der Waals surface area (Å²) in [6.07, 6.45) is 4.61. The van der Waals surface area contributed by atoms with Crippen molar-refractivity contribution in [3.8, 4) is 11.3 Å². The van der Waals surface area contributed by atoms with E-state index in [2.05, 4.69) is 22.4 Å². The molecule has 0 unspecified atom stereocenters. The maximum atomic E-state index is 11.3. The van der Waals surface area contributed by atoms with E-state index in [9.17, 15) is 9.90 Å². The van der Waals surface area contributed by atoms with Gasteiger partial charge in [-0.25, -0.2) is 9.48 Å². The molecule has 0 amide bonds. The Bertz CT molecular complexity index is 646. The summed E-state index contributed by atoms with van der Waals surface area (Å²) in [5.74, 6) is -1.000. The molecule has 1 heterocycles. The van der Waals surface area contributed by atoms with E-state index in [1.54, 1.807) is 7.05 Å². The van der Waals surface area contributed by atoms with Gasteiger partial charge in [0.1, 0.15) is 5.69 Å². The van der Waals surface area contributed by atoms with Crippen molar-refractivity contribution >= 4 is 5.97 Å². The van der Waals surface area contributed by atoms with Crippen molar-refractivity contribution in [2.75, 3.05) is 0 Å². The summed E-state index contributed by atoms with van der Waals surface area (Å²) >= 11 is 0. The van der Waals surface area contributed by atoms with Crippen LogP contribution in [0, 0.1) is 0 Å². The summed E-state index contributed by atoms with van der Waals surface area (Å²) in [6.45, 7) is 0. The molecule has 98 valence electrons. The average Bonchev–Trinajstić information content (AvgIpc) is 2.80. The fourth-order valence-electron chi connectivity index (χ4n) is 2.67. The van der Waals surface area contributed by atoms with Crippen molar-refractivity contribution in [2.24, 2.45) is 7.05 Å². The number of hydrogen-bond donors (Lipinski definition) is 1. The molecular formula is C14H15N3O2. The smallest absolute Gasteiger partial charge is 0.356 e. The highest BCUT2D eigenvalue weighted by Crippen LogP contribution is 2.28. The first-order valence-electron chi connectivity index (χ1n) is 6.42. The number of carboxylic acid groups (broad SMARTS) is 1.